The van der Waals surface area contributed by atoms with E-state index in [1.807, 2.05) is 25.1 Å². The molecule has 4 aromatic rings. The van der Waals surface area contributed by atoms with Crippen LogP contribution in [0.4, 0.5) is 11.4 Å². The molecule has 176 valence electrons. The van der Waals surface area contributed by atoms with Crippen molar-refractivity contribution in [3.63, 3.8) is 0 Å². The topological polar surface area (TPSA) is 111 Å². The van der Waals surface area contributed by atoms with E-state index < -0.39 is 10.0 Å². The molecule has 0 atom stereocenters. The Kier molecular flexibility index (Phi) is 7.15. The van der Waals surface area contributed by atoms with Gasteiger partial charge in [-0.15, -0.1) is 0 Å². The lowest BCUT2D eigenvalue weighted by Gasteiger charge is -2.08. The standard InChI is InChI=1S/C23H20BrN3O5S2/c1-14-3-9-19(18(24)11-14)25-22(28)13-33-23-26-20-12-17(8-10-21(20)32-23)34(29,30)27-15-4-6-16(31-2)7-5-15/h3-12,27H,13H2,1-2H3,(H,25,28). The number of nitrogens with one attached hydrogen (secondary N) is 2. The van der Waals surface area contributed by atoms with Gasteiger partial charge in [-0.3, -0.25) is 9.52 Å². The summed E-state index contributed by atoms with van der Waals surface area (Å²) in [5.41, 5.74) is 2.96. The van der Waals surface area contributed by atoms with E-state index in [1.165, 1.54) is 19.2 Å². The van der Waals surface area contributed by atoms with Gasteiger partial charge in [0.1, 0.15) is 11.3 Å². The number of hydrogen-bond acceptors (Lipinski definition) is 7. The van der Waals surface area contributed by atoms with Crippen molar-refractivity contribution in [3.05, 3.63) is 70.7 Å². The molecule has 4 rings (SSSR count). The highest BCUT2D eigenvalue weighted by Crippen LogP contribution is 2.28. The second-order valence-corrected chi connectivity index (χ2v) is 10.7. The highest BCUT2D eigenvalue weighted by Gasteiger charge is 2.17. The minimum absolute atomic E-state index is 0.0441. The van der Waals surface area contributed by atoms with Gasteiger partial charge in [0.15, 0.2) is 5.58 Å². The molecule has 0 aliphatic carbocycles. The van der Waals surface area contributed by atoms with Crippen LogP contribution in [0.2, 0.25) is 0 Å². The number of carbonyl (C=O) groups excluding carboxylic acids is 1. The zero-order valence-electron chi connectivity index (χ0n) is 18.2. The Morgan fingerprint density at radius 1 is 1.12 bits per heavy atom. The van der Waals surface area contributed by atoms with Gasteiger partial charge in [-0.1, -0.05) is 17.8 Å². The molecule has 3 aromatic carbocycles. The number of halogens is 1. The van der Waals surface area contributed by atoms with Crippen LogP contribution < -0.4 is 14.8 Å². The SMILES string of the molecule is COc1ccc(NS(=O)(=O)c2ccc3oc(SCC(=O)Nc4ccc(C)cc4Br)nc3c2)cc1. The first-order chi connectivity index (χ1) is 16.2. The fourth-order valence-corrected chi connectivity index (χ4v) is 5.33. The third-order valence-electron chi connectivity index (χ3n) is 4.72. The van der Waals surface area contributed by atoms with Crippen molar-refractivity contribution in [2.45, 2.75) is 17.0 Å². The molecule has 0 spiro atoms. The summed E-state index contributed by atoms with van der Waals surface area (Å²) in [7, 11) is -2.29. The number of sulfonamides is 1. The molecular formula is C23H20BrN3O5S2. The zero-order valence-corrected chi connectivity index (χ0v) is 21.4. The number of rotatable bonds is 8. The molecule has 0 unspecified atom stereocenters. The van der Waals surface area contributed by atoms with E-state index in [0.717, 1.165) is 21.8 Å². The van der Waals surface area contributed by atoms with Gasteiger partial charge < -0.3 is 14.5 Å². The third-order valence-corrected chi connectivity index (χ3v) is 7.58. The summed E-state index contributed by atoms with van der Waals surface area (Å²) < 4.78 is 39.6. The number of hydrogen-bond donors (Lipinski definition) is 2. The number of aryl methyl sites for hydroxylation is 1. The van der Waals surface area contributed by atoms with E-state index in [4.69, 9.17) is 9.15 Å². The maximum absolute atomic E-state index is 12.8. The van der Waals surface area contributed by atoms with Gasteiger partial charge in [0.2, 0.25) is 5.91 Å². The first kappa shape index (κ1) is 24.1. The molecule has 11 heteroatoms. The van der Waals surface area contributed by atoms with Crippen LogP contribution in [0.3, 0.4) is 0 Å². The Hall–Kier alpha value is -3.02. The zero-order chi connectivity index (χ0) is 24.3. The van der Waals surface area contributed by atoms with Crippen molar-refractivity contribution in [1.29, 1.82) is 0 Å². The number of benzene rings is 3. The number of aromatic nitrogens is 1. The van der Waals surface area contributed by atoms with Crippen molar-refractivity contribution in [3.8, 4) is 5.75 Å². The lowest BCUT2D eigenvalue weighted by molar-refractivity contribution is -0.113. The number of fused-ring (bicyclic) bond motifs is 1. The van der Waals surface area contributed by atoms with Gasteiger partial charge in [0.25, 0.3) is 15.2 Å². The molecule has 1 aromatic heterocycles. The quantitative estimate of drug-likeness (QED) is 0.275. The van der Waals surface area contributed by atoms with Crippen molar-refractivity contribution in [1.82, 2.24) is 4.98 Å². The number of nitrogens with zero attached hydrogens (tertiary/aromatic N) is 1. The van der Waals surface area contributed by atoms with Crippen LogP contribution in [0.25, 0.3) is 11.1 Å². The largest absolute Gasteiger partial charge is 0.497 e. The molecule has 34 heavy (non-hydrogen) atoms. The first-order valence-corrected chi connectivity index (χ1v) is 13.3. The summed E-state index contributed by atoms with van der Waals surface area (Å²) in [5.74, 6) is 0.484. The molecule has 0 radical (unpaired) electrons. The summed E-state index contributed by atoms with van der Waals surface area (Å²) in [6.45, 7) is 1.96. The van der Waals surface area contributed by atoms with Gasteiger partial charge in [-0.05, 0) is 83.0 Å². The molecule has 1 heterocycles. The van der Waals surface area contributed by atoms with Crippen LogP contribution in [0.15, 0.2) is 79.7 Å². The third kappa shape index (κ3) is 5.72. The summed E-state index contributed by atoms with van der Waals surface area (Å²) in [4.78, 5) is 16.7. The Balaban J connectivity index is 1.43. The summed E-state index contributed by atoms with van der Waals surface area (Å²) in [5, 5.41) is 3.10. The molecule has 2 N–H and O–H groups in total. The average molecular weight is 562 g/mol. The Morgan fingerprint density at radius 2 is 1.88 bits per heavy atom. The molecular weight excluding hydrogens is 542 g/mol. The average Bonchev–Trinajstić information content (AvgIpc) is 3.22. The normalized spacial score (nSPS) is 11.4. The summed E-state index contributed by atoms with van der Waals surface area (Å²) in [6.07, 6.45) is 0. The van der Waals surface area contributed by atoms with Gasteiger partial charge in [0, 0.05) is 10.2 Å². The molecule has 0 saturated heterocycles. The van der Waals surface area contributed by atoms with Crippen molar-refractivity contribution < 1.29 is 22.4 Å². The number of anilines is 2. The predicted molar refractivity (Wildman–Crippen MR) is 136 cm³/mol. The number of thioether (sulfide) groups is 1. The minimum Gasteiger partial charge on any atom is -0.497 e. The molecule has 1 amide bonds. The van der Waals surface area contributed by atoms with Crippen LogP contribution in [0.1, 0.15) is 5.56 Å². The van der Waals surface area contributed by atoms with E-state index in [2.05, 4.69) is 31.0 Å². The van der Waals surface area contributed by atoms with Crippen LogP contribution in [-0.4, -0.2) is 32.2 Å². The number of ether oxygens (including phenoxy) is 1. The van der Waals surface area contributed by atoms with Gasteiger partial charge >= 0.3 is 0 Å². The fraction of sp³-hybridized carbons (Fsp3) is 0.130. The first-order valence-electron chi connectivity index (χ1n) is 10.00. The highest BCUT2D eigenvalue weighted by atomic mass is 79.9. The number of amides is 1. The van der Waals surface area contributed by atoms with Crippen LogP contribution in [-0.2, 0) is 14.8 Å². The van der Waals surface area contributed by atoms with Crippen LogP contribution >= 0.6 is 27.7 Å². The van der Waals surface area contributed by atoms with E-state index >= 15 is 0 Å². The van der Waals surface area contributed by atoms with Crippen molar-refractivity contribution in [2.24, 2.45) is 0 Å². The summed E-state index contributed by atoms with van der Waals surface area (Å²) >= 11 is 4.55. The second kappa shape index (κ2) is 10.1. The number of methoxy groups -OCH3 is 1. The van der Waals surface area contributed by atoms with E-state index in [-0.39, 0.29) is 21.8 Å². The Morgan fingerprint density at radius 3 is 2.59 bits per heavy atom. The smallest absolute Gasteiger partial charge is 0.261 e. The maximum Gasteiger partial charge on any atom is 0.261 e. The number of carbonyl (C=O) groups is 1. The number of oxazole rings is 1. The Labute approximate surface area is 209 Å². The molecule has 0 saturated carbocycles. The predicted octanol–water partition coefficient (Wildman–Crippen LogP) is 5.44. The van der Waals surface area contributed by atoms with Gasteiger partial charge in [0.05, 0.1) is 23.4 Å². The minimum atomic E-state index is -3.83. The fourth-order valence-electron chi connectivity index (χ4n) is 3.02. The van der Waals surface area contributed by atoms with Crippen LogP contribution in [0, 0.1) is 6.92 Å². The monoisotopic (exact) mass is 561 g/mol. The van der Waals surface area contributed by atoms with Gasteiger partial charge in [-0.25, -0.2) is 13.4 Å². The molecule has 0 bridgehead atoms. The maximum atomic E-state index is 12.8. The van der Waals surface area contributed by atoms with Gasteiger partial charge in [-0.2, -0.15) is 0 Å². The Bertz CT molecular complexity index is 1450. The second-order valence-electron chi connectivity index (χ2n) is 7.26. The molecule has 0 aliphatic heterocycles. The van der Waals surface area contributed by atoms with Crippen molar-refractivity contribution in [2.75, 3.05) is 22.9 Å². The van der Waals surface area contributed by atoms with E-state index in [1.54, 1.807) is 30.3 Å². The van der Waals surface area contributed by atoms with Crippen molar-refractivity contribution >= 4 is 66.1 Å². The molecule has 0 fully saturated rings. The highest BCUT2D eigenvalue weighted by molar-refractivity contribution is 9.10. The van der Waals surface area contributed by atoms with E-state index in [0.29, 0.717) is 28.2 Å². The molecule has 0 aliphatic rings. The molecule has 8 nitrogen and oxygen atoms in total. The summed E-state index contributed by atoms with van der Waals surface area (Å²) in [6, 6.07) is 16.6. The lowest BCUT2D eigenvalue weighted by Crippen LogP contribution is -2.14. The van der Waals surface area contributed by atoms with E-state index in [9.17, 15) is 13.2 Å². The van der Waals surface area contributed by atoms with Crippen LogP contribution in [0.5, 0.6) is 5.75 Å². The lowest BCUT2D eigenvalue weighted by atomic mass is 10.2.